The summed E-state index contributed by atoms with van der Waals surface area (Å²) in [4.78, 5) is 10.3. The lowest BCUT2D eigenvalue weighted by molar-refractivity contribution is -0.119. The molecule has 0 fully saturated rings. The third-order valence-electron chi connectivity index (χ3n) is 1.65. The minimum absolute atomic E-state index is 0.0111. The molecule has 1 N–H and O–H groups in total. The van der Waals surface area contributed by atoms with E-state index in [9.17, 15) is 4.79 Å². The second-order valence-electron chi connectivity index (χ2n) is 2.76. The first-order valence-electron chi connectivity index (χ1n) is 4.52. The summed E-state index contributed by atoms with van der Waals surface area (Å²) in [7, 11) is 0. The number of aliphatic hydroxyl groups is 1. The molecule has 0 heterocycles. The lowest BCUT2D eigenvalue weighted by Gasteiger charge is -2.09. The monoisotopic (exact) mass is 174 g/mol. The lowest BCUT2D eigenvalue weighted by Crippen LogP contribution is -2.16. The largest absolute Gasteiger partial charge is 0.396 e. The molecule has 0 radical (unpaired) electrons. The molecular weight excluding hydrogens is 156 g/mol. The number of rotatable bonds is 8. The first-order chi connectivity index (χ1) is 5.85. The van der Waals surface area contributed by atoms with E-state index in [1.807, 2.05) is 0 Å². The van der Waals surface area contributed by atoms with Crippen LogP contribution in [0.25, 0.3) is 0 Å². The molecule has 0 spiro atoms. The van der Waals surface area contributed by atoms with Crippen LogP contribution in [0.3, 0.4) is 0 Å². The summed E-state index contributed by atoms with van der Waals surface area (Å²) < 4.78 is 5.21. The van der Waals surface area contributed by atoms with Crippen molar-refractivity contribution in [1.82, 2.24) is 0 Å². The standard InChI is InChI=1S/C9H18O3/c1-2-3-4-7-12-9(8-11)5-6-10/h8-10H,2-7H2,1H3. The average molecular weight is 174 g/mol. The molecule has 0 aliphatic carbocycles. The van der Waals surface area contributed by atoms with E-state index in [-0.39, 0.29) is 6.61 Å². The molecule has 1 atom stereocenters. The smallest absolute Gasteiger partial charge is 0.148 e. The molecule has 0 aromatic heterocycles. The molecule has 3 heteroatoms. The van der Waals surface area contributed by atoms with Crippen LogP contribution < -0.4 is 0 Å². The summed E-state index contributed by atoms with van der Waals surface area (Å²) in [6.45, 7) is 2.75. The highest BCUT2D eigenvalue weighted by molar-refractivity contribution is 5.55. The first kappa shape index (κ1) is 11.6. The van der Waals surface area contributed by atoms with Gasteiger partial charge in [-0.1, -0.05) is 19.8 Å². The van der Waals surface area contributed by atoms with Gasteiger partial charge in [0.05, 0.1) is 0 Å². The normalized spacial score (nSPS) is 12.8. The van der Waals surface area contributed by atoms with Gasteiger partial charge in [-0.15, -0.1) is 0 Å². The number of aliphatic hydroxyl groups excluding tert-OH is 1. The van der Waals surface area contributed by atoms with Crippen LogP contribution in [0.2, 0.25) is 0 Å². The van der Waals surface area contributed by atoms with Gasteiger partial charge in [0.25, 0.3) is 0 Å². The Morgan fingerprint density at radius 3 is 2.75 bits per heavy atom. The number of carbonyl (C=O) groups is 1. The maximum atomic E-state index is 10.3. The fourth-order valence-corrected chi connectivity index (χ4v) is 0.905. The Hall–Kier alpha value is -0.410. The Morgan fingerprint density at radius 1 is 1.50 bits per heavy atom. The van der Waals surface area contributed by atoms with Gasteiger partial charge >= 0.3 is 0 Å². The minimum Gasteiger partial charge on any atom is -0.396 e. The number of hydrogen-bond donors (Lipinski definition) is 1. The van der Waals surface area contributed by atoms with Gasteiger partial charge in [0.1, 0.15) is 12.4 Å². The predicted octanol–water partition coefficient (Wildman–Crippen LogP) is 1.14. The first-order valence-corrected chi connectivity index (χ1v) is 4.52. The second kappa shape index (κ2) is 8.68. The van der Waals surface area contributed by atoms with E-state index in [1.54, 1.807) is 0 Å². The van der Waals surface area contributed by atoms with Gasteiger partial charge in [-0.25, -0.2) is 0 Å². The van der Waals surface area contributed by atoms with E-state index in [0.29, 0.717) is 13.0 Å². The van der Waals surface area contributed by atoms with Crippen molar-refractivity contribution >= 4 is 6.29 Å². The highest BCUT2D eigenvalue weighted by atomic mass is 16.5. The van der Waals surface area contributed by atoms with Crippen LogP contribution >= 0.6 is 0 Å². The van der Waals surface area contributed by atoms with Crippen LogP contribution in [0.4, 0.5) is 0 Å². The third kappa shape index (κ3) is 6.31. The highest BCUT2D eigenvalue weighted by Gasteiger charge is 2.04. The zero-order valence-electron chi connectivity index (χ0n) is 7.66. The van der Waals surface area contributed by atoms with Crippen molar-refractivity contribution in [3.8, 4) is 0 Å². The molecular formula is C9H18O3. The Morgan fingerprint density at radius 2 is 2.25 bits per heavy atom. The van der Waals surface area contributed by atoms with Crippen molar-refractivity contribution in [2.24, 2.45) is 0 Å². The quantitative estimate of drug-likeness (QED) is 0.443. The fraction of sp³-hybridized carbons (Fsp3) is 0.889. The zero-order chi connectivity index (χ0) is 9.23. The Kier molecular flexibility index (Phi) is 8.39. The van der Waals surface area contributed by atoms with Crippen molar-refractivity contribution in [1.29, 1.82) is 0 Å². The van der Waals surface area contributed by atoms with E-state index >= 15 is 0 Å². The van der Waals surface area contributed by atoms with Crippen molar-refractivity contribution in [2.75, 3.05) is 13.2 Å². The number of hydrogen-bond acceptors (Lipinski definition) is 3. The molecule has 1 unspecified atom stereocenters. The van der Waals surface area contributed by atoms with Crippen molar-refractivity contribution in [3.63, 3.8) is 0 Å². The SMILES string of the molecule is CCCCCOC(C=O)CCO. The van der Waals surface area contributed by atoms with Crippen LogP contribution in [0, 0.1) is 0 Å². The zero-order valence-corrected chi connectivity index (χ0v) is 7.66. The maximum absolute atomic E-state index is 10.3. The van der Waals surface area contributed by atoms with Gasteiger partial charge in [0, 0.05) is 19.6 Å². The molecule has 0 saturated carbocycles. The van der Waals surface area contributed by atoms with Crippen LogP contribution in [0.15, 0.2) is 0 Å². The lowest BCUT2D eigenvalue weighted by atomic mass is 10.2. The van der Waals surface area contributed by atoms with Crippen LogP contribution in [0.5, 0.6) is 0 Å². The molecule has 0 bridgehead atoms. The van der Waals surface area contributed by atoms with Gasteiger partial charge < -0.3 is 14.6 Å². The molecule has 72 valence electrons. The highest BCUT2D eigenvalue weighted by Crippen LogP contribution is 1.99. The van der Waals surface area contributed by atoms with Gasteiger partial charge in [0.2, 0.25) is 0 Å². The molecule has 12 heavy (non-hydrogen) atoms. The fourth-order valence-electron chi connectivity index (χ4n) is 0.905. The Labute approximate surface area is 73.7 Å². The van der Waals surface area contributed by atoms with E-state index in [0.717, 1.165) is 25.5 Å². The molecule has 0 rings (SSSR count). The molecule has 0 amide bonds. The summed E-state index contributed by atoms with van der Waals surface area (Å²) in [5.41, 5.74) is 0. The maximum Gasteiger partial charge on any atom is 0.148 e. The van der Waals surface area contributed by atoms with Crippen LogP contribution in [-0.2, 0) is 9.53 Å². The third-order valence-corrected chi connectivity index (χ3v) is 1.65. The molecule has 3 nitrogen and oxygen atoms in total. The number of unbranched alkanes of at least 4 members (excludes halogenated alkanes) is 2. The number of carbonyl (C=O) groups excluding carboxylic acids is 1. The second-order valence-corrected chi connectivity index (χ2v) is 2.76. The summed E-state index contributed by atoms with van der Waals surface area (Å²) in [6, 6.07) is 0. The van der Waals surface area contributed by atoms with Crippen molar-refractivity contribution in [3.05, 3.63) is 0 Å². The van der Waals surface area contributed by atoms with Crippen LogP contribution in [-0.4, -0.2) is 30.7 Å². The minimum atomic E-state index is -0.410. The van der Waals surface area contributed by atoms with Gasteiger partial charge in [-0.05, 0) is 6.42 Å². The predicted molar refractivity (Wildman–Crippen MR) is 47.0 cm³/mol. The van der Waals surface area contributed by atoms with E-state index in [2.05, 4.69) is 6.92 Å². The Balaban J connectivity index is 3.25. The summed E-state index contributed by atoms with van der Waals surface area (Å²) in [5, 5.41) is 8.53. The van der Waals surface area contributed by atoms with Crippen molar-refractivity contribution in [2.45, 2.75) is 38.7 Å². The molecule has 0 aromatic rings. The molecule has 0 aliphatic heterocycles. The van der Waals surface area contributed by atoms with Crippen LogP contribution in [0.1, 0.15) is 32.6 Å². The molecule has 0 aliphatic rings. The summed E-state index contributed by atoms with van der Waals surface area (Å²) in [6.07, 6.45) is 4.02. The van der Waals surface area contributed by atoms with E-state index in [1.165, 1.54) is 0 Å². The molecule has 0 aromatic carbocycles. The summed E-state index contributed by atoms with van der Waals surface area (Å²) >= 11 is 0. The van der Waals surface area contributed by atoms with Gasteiger partial charge in [-0.3, -0.25) is 0 Å². The number of aldehydes is 1. The van der Waals surface area contributed by atoms with E-state index in [4.69, 9.17) is 9.84 Å². The summed E-state index contributed by atoms with van der Waals surface area (Å²) in [5.74, 6) is 0. The van der Waals surface area contributed by atoms with Crippen molar-refractivity contribution < 1.29 is 14.6 Å². The Bertz CT molecular complexity index is 104. The van der Waals surface area contributed by atoms with Gasteiger partial charge in [-0.2, -0.15) is 0 Å². The topological polar surface area (TPSA) is 46.5 Å². The average Bonchev–Trinajstić information content (AvgIpc) is 2.10. The molecule has 0 saturated heterocycles. The van der Waals surface area contributed by atoms with Gasteiger partial charge in [0.15, 0.2) is 0 Å². The van der Waals surface area contributed by atoms with E-state index < -0.39 is 6.10 Å². The number of ether oxygens (including phenoxy) is 1.